The second-order valence-electron chi connectivity index (χ2n) is 11.5. The number of hydrogen-bond donors (Lipinski definition) is 2. The summed E-state index contributed by atoms with van der Waals surface area (Å²) in [6, 6.07) is 5.15. The van der Waals surface area contributed by atoms with Crippen molar-refractivity contribution in [3.05, 3.63) is 29.8 Å². The van der Waals surface area contributed by atoms with Gasteiger partial charge in [0.15, 0.2) is 0 Å². The minimum Gasteiger partial charge on any atom is -0.493 e. The van der Waals surface area contributed by atoms with Crippen LogP contribution in [0.2, 0.25) is 0 Å². The highest BCUT2D eigenvalue weighted by Crippen LogP contribution is 2.34. The molecule has 1 aromatic carbocycles. The van der Waals surface area contributed by atoms with E-state index in [2.05, 4.69) is 10.6 Å². The van der Waals surface area contributed by atoms with Crippen LogP contribution < -0.4 is 15.4 Å². The Morgan fingerprint density at radius 2 is 1.79 bits per heavy atom. The standard InChI is InChI=1S/C27H38F2N4O5/c1-26(2,3)38-25(36)31-20-15-32(16-27(4,28)29)13-11-17-9-10-21(33(17)24(20)35)23(34)30-19-12-14-37-22-8-6-5-7-18(19)22/h5-8,17,19-21H,9-16H2,1-4H3,(H,30,34)(H,31,36)/t17-,19-,20+,21+/m1/s1. The molecule has 9 nitrogen and oxygen atoms in total. The van der Waals surface area contributed by atoms with Gasteiger partial charge < -0.3 is 25.0 Å². The Hall–Kier alpha value is -2.95. The number of benzene rings is 1. The Morgan fingerprint density at radius 1 is 1.05 bits per heavy atom. The summed E-state index contributed by atoms with van der Waals surface area (Å²) in [6.45, 7) is 6.06. The Bertz CT molecular complexity index is 1040. The van der Waals surface area contributed by atoms with Gasteiger partial charge in [-0.25, -0.2) is 13.6 Å². The van der Waals surface area contributed by atoms with Crippen LogP contribution in [0.15, 0.2) is 24.3 Å². The number of alkyl halides is 2. The molecule has 0 unspecified atom stereocenters. The summed E-state index contributed by atoms with van der Waals surface area (Å²) in [7, 11) is 0. The van der Waals surface area contributed by atoms with Crippen LogP contribution >= 0.6 is 0 Å². The average molecular weight is 537 g/mol. The number of para-hydroxylation sites is 1. The fourth-order valence-electron chi connectivity index (χ4n) is 5.55. The lowest BCUT2D eigenvalue weighted by Gasteiger charge is -2.39. The van der Waals surface area contributed by atoms with Crippen molar-refractivity contribution in [1.82, 2.24) is 20.4 Å². The number of halogens is 2. The van der Waals surface area contributed by atoms with E-state index in [1.807, 2.05) is 24.3 Å². The van der Waals surface area contributed by atoms with Crippen molar-refractivity contribution in [3.8, 4) is 5.75 Å². The minimum absolute atomic E-state index is 0.105. The van der Waals surface area contributed by atoms with Gasteiger partial charge in [-0.3, -0.25) is 14.5 Å². The molecule has 0 saturated carbocycles. The number of amides is 3. The zero-order valence-electron chi connectivity index (χ0n) is 22.5. The Labute approximate surface area is 222 Å². The third-order valence-electron chi connectivity index (χ3n) is 7.04. The number of ether oxygens (including phenoxy) is 2. The molecule has 0 bridgehead atoms. The van der Waals surface area contributed by atoms with Gasteiger partial charge in [-0.15, -0.1) is 0 Å². The highest BCUT2D eigenvalue weighted by atomic mass is 19.3. The van der Waals surface area contributed by atoms with E-state index < -0.39 is 42.2 Å². The predicted molar refractivity (Wildman–Crippen MR) is 136 cm³/mol. The summed E-state index contributed by atoms with van der Waals surface area (Å²) in [5.74, 6) is -2.97. The topological polar surface area (TPSA) is 100 Å². The van der Waals surface area contributed by atoms with Crippen molar-refractivity contribution in [2.75, 3.05) is 26.2 Å². The molecule has 2 N–H and O–H groups in total. The van der Waals surface area contributed by atoms with Crippen LogP contribution in [0.1, 0.15) is 65.0 Å². The first kappa shape index (κ1) is 28.1. The number of alkyl carbamates (subject to hydrolysis) is 1. The zero-order chi connectivity index (χ0) is 27.7. The van der Waals surface area contributed by atoms with E-state index in [1.54, 1.807) is 25.7 Å². The lowest BCUT2D eigenvalue weighted by molar-refractivity contribution is -0.144. The molecule has 0 spiro atoms. The van der Waals surface area contributed by atoms with Crippen molar-refractivity contribution >= 4 is 17.9 Å². The summed E-state index contributed by atoms with van der Waals surface area (Å²) in [4.78, 5) is 43.0. The van der Waals surface area contributed by atoms with E-state index in [4.69, 9.17) is 9.47 Å². The fourth-order valence-corrected chi connectivity index (χ4v) is 5.55. The molecule has 210 valence electrons. The molecule has 11 heteroatoms. The van der Waals surface area contributed by atoms with E-state index in [0.717, 1.165) is 18.2 Å². The summed E-state index contributed by atoms with van der Waals surface area (Å²) >= 11 is 0. The lowest BCUT2D eigenvalue weighted by atomic mass is 10.00. The number of nitrogens with zero attached hydrogens (tertiary/aromatic N) is 2. The van der Waals surface area contributed by atoms with Crippen LogP contribution in [0.5, 0.6) is 5.75 Å². The maximum atomic E-state index is 13.9. The zero-order valence-corrected chi connectivity index (χ0v) is 22.5. The van der Waals surface area contributed by atoms with Crippen LogP contribution in [-0.4, -0.2) is 83.6 Å². The molecule has 3 amide bonds. The SMILES string of the molecule is CC(F)(F)CN1CC[C@H]2CC[C@@H](C(=O)N[C@@H]3CCOc4ccccc43)N2C(=O)[C@@H](NC(=O)OC(C)(C)C)C1. The first-order valence-electron chi connectivity index (χ1n) is 13.2. The van der Waals surface area contributed by atoms with Gasteiger partial charge in [-0.1, -0.05) is 18.2 Å². The van der Waals surface area contributed by atoms with Gasteiger partial charge in [-0.2, -0.15) is 0 Å². The maximum Gasteiger partial charge on any atom is 0.408 e. The van der Waals surface area contributed by atoms with Gasteiger partial charge in [0.05, 0.1) is 19.2 Å². The second-order valence-corrected chi connectivity index (χ2v) is 11.5. The molecule has 0 aliphatic carbocycles. The molecule has 3 aliphatic rings. The molecule has 38 heavy (non-hydrogen) atoms. The Kier molecular flexibility index (Phi) is 8.15. The van der Waals surface area contributed by atoms with Gasteiger partial charge in [0, 0.05) is 38.0 Å². The van der Waals surface area contributed by atoms with Crippen molar-refractivity contribution in [1.29, 1.82) is 0 Å². The quantitative estimate of drug-likeness (QED) is 0.600. The van der Waals surface area contributed by atoms with Crippen LogP contribution in [0, 0.1) is 0 Å². The number of hydrogen-bond acceptors (Lipinski definition) is 6. The van der Waals surface area contributed by atoms with Crippen LogP contribution in [0.3, 0.4) is 0 Å². The molecular weight excluding hydrogens is 498 g/mol. The van der Waals surface area contributed by atoms with E-state index in [1.165, 1.54) is 4.90 Å². The average Bonchev–Trinajstić information content (AvgIpc) is 3.23. The van der Waals surface area contributed by atoms with Gasteiger partial charge in [-0.05, 0) is 46.1 Å². The van der Waals surface area contributed by atoms with Gasteiger partial charge in [0.2, 0.25) is 11.8 Å². The first-order chi connectivity index (χ1) is 17.8. The molecule has 4 rings (SSSR count). The number of rotatable bonds is 5. The fraction of sp³-hybridized carbons (Fsp3) is 0.667. The van der Waals surface area contributed by atoms with E-state index in [9.17, 15) is 23.2 Å². The van der Waals surface area contributed by atoms with Gasteiger partial charge >= 0.3 is 6.09 Å². The molecule has 4 atom stereocenters. The third kappa shape index (κ3) is 6.92. The lowest BCUT2D eigenvalue weighted by Crippen LogP contribution is -2.61. The molecule has 1 aromatic rings. The first-order valence-corrected chi connectivity index (χ1v) is 13.2. The molecular formula is C27H38F2N4O5. The predicted octanol–water partition coefficient (Wildman–Crippen LogP) is 3.24. The highest BCUT2D eigenvalue weighted by molar-refractivity contribution is 5.92. The number of carbonyl (C=O) groups excluding carboxylic acids is 3. The monoisotopic (exact) mass is 536 g/mol. The normalized spacial score (nSPS) is 26.4. The molecule has 2 saturated heterocycles. The number of fused-ring (bicyclic) bond motifs is 2. The van der Waals surface area contributed by atoms with Crippen molar-refractivity contribution < 1.29 is 32.6 Å². The third-order valence-corrected chi connectivity index (χ3v) is 7.04. The molecule has 0 aromatic heterocycles. The van der Waals surface area contributed by atoms with Crippen LogP contribution in [0.4, 0.5) is 13.6 Å². The highest BCUT2D eigenvalue weighted by Gasteiger charge is 2.46. The Morgan fingerprint density at radius 3 is 2.50 bits per heavy atom. The van der Waals surface area contributed by atoms with Crippen molar-refractivity contribution in [3.63, 3.8) is 0 Å². The van der Waals surface area contributed by atoms with Crippen molar-refractivity contribution in [2.45, 2.75) is 89.1 Å². The smallest absolute Gasteiger partial charge is 0.408 e. The Balaban J connectivity index is 1.53. The molecule has 3 aliphatic heterocycles. The summed E-state index contributed by atoms with van der Waals surface area (Å²) in [5.41, 5.74) is 0.0879. The summed E-state index contributed by atoms with van der Waals surface area (Å²) < 4.78 is 38.8. The maximum absolute atomic E-state index is 13.9. The number of carbonyl (C=O) groups is 3. The summed E-state index contributed by atoms with van der Waals surface area (Å²) in [5, 5.41) is 5.69. The van der Waals surface area contributed by atoms with E-state index in [-0.39, 0.29) is 24.5 Å². The second kappa shape index (κ2) is 11.0. The van der Waals surface area contributed by atoms with E-state index in [0.29, 0.717) is 38.8 Å². The molecule has 0 radical (unpaired) electrons. The van der Waals surface area contributed by atoms with Crippen LogP contribution in [-0.2, 0) is 14.3 Å². The van der Waals surface area contributed by atoms with Crippen molar-refractivity contribution in [2.24, 2.45) is 0 Å². The summed E-state index contributed by atoms with van der Waals surface area (Å²) in [6.07, 6.45) is 1.29. The van der Waals surface area contributed by atoms with E-state index >= 15 is 0 Å². The van der Waals surface area contributed by atoms with Gasteiger partial charge in [0.25, 0.3) is 5.92 Å². The number of nitrogens with one attached hydrogen (secondary N) is 2. The van der Waals surface area contributed by atoms with Gasteiger partial charge in [0.1, 0.15) is 23.4 Å². The van der Waals surface area contributed by atoms with Crippen LogP contribution in [0.25, 0.3) is 0 Å². The largest absolute Gasteiger partial charge is 0.493 e. The molecule has 2 fully saturated rings. The minimum atomic E-state index is -2.96. The molecule has 3 heterocycles.